The van der Waals surface area contributed by atoms with Gasteiger partial charge in [0.15, 0.2) is 0 Å². The zero-order valence-corrected chi connectivity index (χ0v) is 10.2. The molecular weight excluding hydrogens is 252 g/mol. The Morgan fingerprint density at radius 1 is 1.62 bits per heavy atom. The second-order valence-corrected chi connectivity index (χ2v) is 4.64. The van der Waals surface area contributed by atoms with Crippen LogP contribution in [0.3, 0.4) is 0 Å². The van der Waals surface area contributed by atoms with E-state index in [9.17, 15) is 0 Å². The number of aryl methyl sites for hydroxylation is 2. The molecule has 0 aliphatic rings. The Balaban J connectivity index is 2.64. The molecule has 0 aromatic carbocycles. The molecule has 1 heterocycles. The highest BCUT2D eigenvalue weighted by Gasteiger charge is 2.09. The molecule has 5 heteroatoms. The molecule has 0 saturated heterocycles. The standard InChI is InChI=1S/C8H13BrN2OS/c1-6-8(9)7(11(2)10-6)5-13-4-3-12/h12H,3-5H2,1-2H3. The number of thioether (sulfide) groups is 1. The highest BCUT2D eigenvalue weighted by molar-refractivity contribution is 9.10. The van der Waals surface area contributed by atoms with Gasteiger partial charge in [0, 0.05) is 18.6 Å². The van der Waals surface area contributed by atoms with Gasteiger partial charge < -0.3 is 5.11 Å². The van der Waals surface area contributed by atoms with E-state index in [1.165, 1.54) is 5.69 Å². The number of aliphatic hydroxyl groups is 1. The summed E-state index contributed by atoms with van der Waals surface area (Å²) in [6.45, 7) is 2.21. The van der Waals surface area contributed by atoms with Crippen molar-refractivity contribution >= 4 is 27.7 Å². The predicted octanol–water partition coefficient (Wildman–Crippen LogP) is 1.72. The van der Waals surface area contributed by atoms with Gasteiger partial charge >= 0.3 is 0 Å². The number of halogens is 1. The average molecular weight is 265 g/mol. The van der Waals surface area contributed by atoms with Crippen molar-refractivity contribution < 1.29 is 5.11 Å². The number of nitrogens with zero attached hydrogens (tertiary/aromatic N) is 2. The Morgan fingerprint density at radius 3 is 2.77 bits per heavy atom. The summed E-state index contributed by atoms with van der Waals surface area (Å²) >= 11 is 5.20. The van der Waals surface area contributed by atoms with Crippen LogP contribution >= 0.6 is 27.7 Å². The minimum absolute atomic E-state index is 0.235. The normalized spacial score (nSPS) is 10.8. The van der Waals surface area contributed by atoms with Crippen LogP contribution in [0.4, 0.5) is 0 Å². The number of hydrogen-bond donors (Lipinski definition) is 1. The van der Waals surface area contributed by atoms with Gasteiger partial charge in [-0.1, -0.05) is 0 Å². The Kier molecular flexibility index (Phi) is 4.28. The SMILES string of the molecule is Cc1nn(C)c(CSCCO)c1Br. The fourth-order valence-corrected chi connectivity index (χ4v) is 2.53. The maximum Gasteiger partial charge on any atom is 0.0738 e. The van der Waals surface area contributed by atoms with Crippen LogP contribution in [0.25, 0.3) is 0 Å². The lowest BCUT2D eigenvalue weighted by Crippen LogP contribution is -1.98. The number of aliphatic hydroxyl groups excluding tert-OH is 1. The summed E-state index contributed by atoms with van der Waals surface area (Å²) in [5.74, 6) is 1.66. The number of aromatic nitrogens is 2. The van der Waals surface area contributed by atoms with Gasteiger partial charge in [-0.15, -0.1) is 0 Å². The fraction of sp³-hybridized carbons (Fsp3) is 0.625. The summed E-state index contributed by atoms with van der Waals surface area (Å²) in [6.07, 6.45) is 0. The molecule has 0 aliphatic heterocycles. The molecule has 13 heavy (non-hydrogen) atoms. The molecule has 0 bridgehead atoms. The number of hydrogen-bond acceptors (Lipinski definition) is 3. The zero-order valence-electron chi connectivity index (χ0n) is 7.75. The maximum absolute atomic E-state index is 8.63. The smallest absolute Gasteiger partial charge is 0.0738 e. The van der Waals surface area contributed by atoms with Gasteiger partial charge in [-0.05, 0) is 22.9 Å². The molecule has 74 valence electrons. The van der Waals surface area contributed by atoms with Crippen LogP contribution in [0.1, 0.15) is 11.4 Å². The summed E-state index contributed by atoms with van der Waals surface area (Å²) in [6, 6.07) is 0. The average Bonchev–Trinajstić information content (AvgIpc) is 2.32. The van der Waals surface area contributed by atoms with Gasteiger partial charge in [-0.25, -0.2) is 0 Å². The monoisotopic (exact) mass is 264 g/mol. The largest absolute Gasteiger partial charge is 0.396 e. The van der Waals surface area contributed by atoms with Crippen molar-refractivity contribution in [3.63, 3.8) is 0 Å². The Bertz CT molecular complexity index is 288. The molecule has 1 N–H and O–H groups in total. The fourth-order valence-electron chi connectivity index (χ4n) is 1.07. The Morgan fingerprint density at radius 2 is 2.31 bits per heavy atom. The Hall–Kier alpha value is -0.0000000000000000555. The van der Waals surface area contributed by atoms with Crippen molar-refractivity contribution in [2.45, 2.75) is 12.7 Å². The molecule has 0 atom stereocenters. The molecule has 0 fully saturated rings. The van der Waals surface area contributed by atoms with Gasteiger partial charge in [0.1, 0.15) is 0 Å². The van der Waals surface area contributed by atoms with E-state index in [0.717, 1.165) is 21.7 Å². The quantitative estimate of drug-likeness (QED) is 0.842. The van der Waals surface area contributed by atoms with Crippen molar-refractivity contribution in [2.24, 2.45) is 7.05 Å². The summed E-state index contributed by atoms with van der Waals surface area (Å²) in [5.41, 5.74) is 2.19. The van der Waals surface area contributed by atoms with Crippen LogP contribution in [0.5, 0.6) is 0 Å². The lowest BCUT2D eigenvalue weighted by Gasteiger charge is -2.01. The molecule has 0 spiro atoms. The van der Waals surface area contributed by atoms with Crippen LogP contribution in [-0.4, -0.2) is 27.2 Å². The van der Waals surface area contributed by atoms with Crippen LogP contribution in [-0.2, 0) is 12.8 Å². The lowest BCUT2D eigenvalue weighted by molar-refractivity contribution is 0.322. The van der Waals surface area contributed by atoms with Crippen LogP contribution in [0.15, 0.2) is 4.47 Å². The first kappa shape index (κ1) is 11.1. The predicted molar refractivity (Wildman–Crippen MR) is 58.9 cm³/mol. The van der Waals surface area contributed by atoms with E-state index < -0.39 is 0 Å². The molecule has 1 aromatic heterocycles. The van der Waals surface area contributed by atoms with Crippen LogP contribution in [0, 0.1) is 6.92 Å². The molecule has 0 unspecified atom stereocenters. The van der Waals surface area contributed by atoms with Crippen molar-refractivity contribution in [1.29, 1.82) is 0 Å². The maximum atomic E-state index is 8.63. The summed E-state index contributed by atoms with van der Waals surface area (Å²) in [4.78, 5) is 0. The zero-order chi connectivity index (χ0) is 9.84. The summed E-state index contributed by atoms with van der Waals surface area (Å²) < 4.78 is 2.96. The van der Waals surface area contributed by atoms with Crippen LogP contribution in [0.2, 0.25) is 0 Å². The van der Waals surface area contributed by atoms with Crippen molar-refractivity contribution in [3.8, 4) is 0 Å². The first-order valence-corrected chi connectivity index (χ1v) is 5.98. The highest BCUT2D eigenvalue weighted by atomic mass is 79.9. The van der Waals surface area contributed by atoms with Crippen molar-refractivity contribution in [2.75, 3.05) is 12.4 Å². The van der Waals surface area contributed by atoms with Gasteiger partial charge in [0.2, 0.25) is 0 Å². The third-order valence-electron chi connectivity index (χ3n) is 1.74. The van der Waals surface area contributed by atoms with E-state index in [-0.39, 0.29) is 6.61 Å². The third kappa shape index (κ3) is 2.72. The van der Waals surface area contributed by atoms with Crippen molar-refractivity contribution in [3.05, 3.63) is 15.9 Å². The molecule has 0 amide bonds. The van der Waals surface area contributed by atoms with E-state index in [0.29, 0.717) is 0 Å². The molecule has 0 radical (unpaired) electrons. The molecule has 0 aliphatic carbocycles. The van der Waals surface area contributed by atoms with E-state index in [1.54, 1.807) is 11.8 Å². The van der Waals surface area contributed by atoms with E-state index >= 15 is 0 Å². The van der Waals surface area contributed by atoms with Crippen LogP contribution < -0.4 is 0 Å². The minimum atomic E-state index is 0.235. The molecule has 0 saturated carbocycles. The summed E-state index contributed by atoms with van der Waals surface area (Å²) in [5, 5.41) is 12.9. The van der Waals surface area contributed by atoms with Gasteiger partial charge in [0.05, 0.1) is 22.5 Å². The summed E-state index contributed by atoms with van der Waals surface area (Å²) in [7, 11) is 1.94. The van der Waals surface area contributed by atoms with Gasteiger partial charge in [-0.3, -0.25) is 4.68 Å². The van der Waals surface area contributed by atoms with E-state index in [2.05, 4.69) is 21.0 Å². The topological polar surface area (TPSA) is 38.0 Å². The van der Waals surface area contributed by atoms with E-state index in [4.69, 9.17) is 5.11 Å². The third-order valence-corrected chi connectivity index (χ3v) is 3.72. The molecule has 1 rings (SSSR count). The second kappa shape index (κ2) is 5.02. The Labute approximate surface area is 90.6 Å². The van der Waals surface area contributed by atoms with E-state index in [1.807, 2.05) is 18.7 Å². The number of rotatable bonds is 4. The first-order valence-electron chi connectivity index (χ1n) is 4.03. The van der Waals surface area contributed by atoms with Crippen molar-refractivity contribution in [1.82, 2.24) is 9.78 Å². The minimum Gasteiger partial charge on any atom is -0.396 e. The van der Waals surface area contributed by atoms with Gasteiger partial charge in [-0.2, -0.15) is 16.9 Å². The molecule has 1 aromatic rings. The molecular formula is C8H13BrN2OS. The molecule has 3 nitrogen and oxygen atoms in total. The second-order valence-electron chi connectivity index (χ2n) is 2.75. The lowest BCUT2D eigenvalue weighted by atomic mass is 10.4. The highest BCUT2D eigenvalue weighted by Crippen LogP contribution is 2.23. The van der Waals surface area contributed by atoms with Gasteiger partial charge in [0.25, 0.3) is 0 Å². The first-order chi connectivity index (χ1) is 6.16.